The Hall–Kier alpha value is -1.42. The first kappa shape index (κ1) is 12.3. The van der Waals surface area contributed by atoms with Gasteiger partial charge < -0.3 is 4.52 Å². The van der Waals surface area contributed by atoms with Crippen molar-refractivity contribution < 1.29 is 9.32 Å². The minimum atomic E-state index is -0.271. The third-order valence-electron chi connectivity index (χ3n) is 4.74. The maximum absolute atomic E-state index is 12.9. The third kappa shape index (κ3) is 1.57. The molecular weight excluding hydrogens is 318 g/mol. The fourth-order valence-corrected chi connectivity index (χ4v) is 3.99. The summed E-state index contributed by atoms with van der Waals surface area (Å²) in [5, 5.41) is 4.05. The highest BCUT2D eigenvalue weighted by atomic mass is 79.9. The van der Waals surface area contributed by atoms with E-state index in [1.165, 1.54) is 5.56 Å². The molecule has 0 fully saturated rings. The fraction of sp³-hybridized carbons (Fsp3) is 0.375. The number of halogens is 1. The van der Waals surface area contributed by atoms with E-state index >= 15 is 0 Å². The van der Waals surface area contributed by atoms with Gasteiger partial charge in [0, 0.05) is 27.4 Å². The highest BCUT2D eigenvalue weighted by molar-refractivity contribution is 9.10. The molecular formula is C16H14BrNO2. The molecule has 0 bridgehead atoms. The molecule has 0 radical (unpaired) electrons. The molecule has 4 heteroatoms. The van der Waals surface area contributed by atoms with Crippen LogP contribution < -0.4 is 0 Å². The second-order valence-corrected chi connectivity index (χ2v) is 6.85. The van der Waals surface area contributed by atoms with Crippen LogP contribution in [0.15, 0.2) is 27.2 Å². The van der Waals surface area contributed by atoms with Crippen molar-refractivity contribution >= 4 is 21.7 Å². The molecule has 2 aliphatic carbocycles. The quantitative estimate of drug-likeness (QED) is 0.739. The van der Waals surface area contributed by atoms with Crippen LogP contribution in [-0.2, 0) is 19.3 Å². The number of aryl methyl sites for hydroxylation is 2. The lowest BCUT2D eigenvalue weighted by Crippen LogP contribution is -2.34. The van der Waals surface area contributed by atoms with Crippen molar-refractivity contribution in [2.24, 2.45) is 5.41 Å². The lowest BCUT2D eigenvalue weighted by molar-refractivity contribution is 0.0788. The Labute approximate surface area is 125 Å². The molecule has 1 aromatic carbocycles. The monoisotopic (exact) mass is 331 g/mol. The van der Waals surface area contributed by atoms with E-state index in [1.54, 1.807) is 0 Å². The second-order valence-electron chi connectivity index (χ2n) is 5.93. The van der Waals surface area contributed by atoms with Crippen molar-refractivity contribution in [2.75, 3.05) is 0 Å². The maximum atomic E-state index is 12.9. The van der Waals surface area contributed by atoms with Crippen LogP contribution >= 0.6 is 15.9 Å². The number of ketones is 1. The zero-order valence-corrected chi connectivity index (χ0v) is 12.8. The molecule has 2 aromatic rings. The van der Waals surface area contributed by atoms with Crippen LogP contribution in [0.25, 0.3) is 0 Å². The molecule has 0 saturated carbocycles. The Kier molecular flexibility index (Phi) is 2.49. The number of rotatable bonds is 0. The molecule has 3 nitrogen and oxygen atoms in total. The first-order valence-electron chi connectivity index (χ1n) is 6.86. The van der Waals surface area contributed by atoms with Crippen LogP contribution in [0.5, 0.6) is 0 Å². The number of carbonyl (C=O) groups is 1. The summed E-state index contributed by atoms with van der Waals surface area (Å²) in [5.41, 5.74) is 3.88. The van der Waals surface area contributed by atoms with Crippen LogP contribution in [0.3, 0.4) is 0 Å². The summed E-state index contributed by atoms with van der Waals surface area (Å²) in [6.45, 7) is 1.96. The zero-order valence-electron chi connectivity index (χ0n) is 11.2. The van der Waals surface area contributed by atoms with E-state index in [-0.39, 0.29) is 5.41 Å². The lowest BCUT2D eigenvalue weighted by atomic mass is 9.70. The molecule has 1 heterocycles. The normalized spacial score (nSPS) is 24.0. The van der Waals surface area contributed by atoms with Crippen molar-refractivity contribution in [2.45, 2.75) is 32.6 Å². The van der Waals surface area contributed by atoms with Crippen molar-refractivity contribution in [3.63, 3.8) is 0 Å². The van der Waals surface area contributed by atoms with E-state index in [4.69, 9.17) is 4.52 Å². The molecule has 0 aliphatic heterocycles. The molecule has 20 heavy (non-hydrogen) atoms. The Bertz CT molecular complexity index is 734. The summed E-state index contributed by atoms with van der Waals surface area (Å²) in [6, 6.07) is 6.05. The topological polar surface area (TPSA) is 43.1 Å². The number of fused-ring (bicyclic) bond motifs is 2. The van der Waals surface area contributed by atoms with Gasteiger partial charge in [-0.25, -0.2) is 0 Å². The molecule has 102 valence electrons. The number of aromatic nitrogens is 1. The van der Waals surface area contributed by atoms with Gasteiger partial charge in [0.25, 0.3) is 0 Å². The summed E-state index contributed by atoms with van der Waals surface area (Å²) in [5.74, 6) is 1.26. The predicted molar refractivity (Wildman–Crippen MR) is 77.9 cm³/mol. The summed E-state index contributed by atoms with van der Waals surface area (Å²) in [4.78, 5) is 12.9. The lowest BCUT2D eigenvalue weighted by Gasteiger charge is -2.30. The van der Waals surface area contributed by atoms with Crippen LogP contribution in [0.4, 0.5) is 0 Å². The largest absolute Gasteiger partial charge is 0.361 e. The Balaban J connectivity index is 1.78. The molecule has 1 unspecified atom stereocenters. The van der Waals surface area contributed by atoms with Crippen molar-refractivity contribution in [3.05, 3.63) is 50.8 Å². The average molecular weight is 332 g/mol. The van der Waals surface area contributed by atoms with Gasteiger partial charge in [0.2, 0.25) is 0 Å². The van der Waals surface area contributed by atoms with Crippen LogP contribution in [0.1, 0.15) is 39.4 Å². The third-order valence-corrected chi connectivity index (χ3v) is 5.23. The van der Waals surface area contributed by atoms with Gasteiger partial charge in [-0.05, 0) is 43.9 Å². The second kappa shape index (κ2) is 4.04. The molecule has 1 spiro atoms. The SMILES string of the molecule is Cc1noc2c1CC1(CC2)Cc2ccc(Br)cc2C1=O. The minimum Gasteiger partial charge on any atom is -0.361 e. The first-order valence-corrected chi connectivity index (χ1v) is 7.66. The molecule has 0 saturated heterocycles. The molecule has 0 N–H and O–H groups in total. The molecule has 1 aromatic heterocycles. The summed E-state index contributed by atoms with van der Waals surface area (Å²) in [7, 11) is 0. The van der Waals surface area contributed by atoms with Crippen molar-refractivity contribution in [1.82, 2.24) is 5.16 Å². The number of carbonyl (C=O) groups excluding carboxylic acids is 1. The smallest absolute Gasteiger partial charge is 0.170 e. The van der Waals surface area contributed by atoms with Gasteiger partial charge in [0.15, 0.2) is 5.78 Å². The number of benzene rings is 1. The van der Waals surface area contributed by atoms with Gasteiger partial charge in [-0.2, -0.15) is 0 Å². The maximum Gasteiger partial charge on any atom is 0.170 e. The number of hydrogen-bond donors (Lipinski definition) is 0. The van der Waals surface area contributed by atoms with E-state index in [2.05, 4.69) is 27.2 Å². The predicted octanol–water partition coefficient (Wildman–Crippen LogP) is 3.66. The minimum absolute atomic E-state index is 0.271. The van der Waals surface area contributed by atoms with Crippen LogP contribution in [0, 0.1) is 12.3 Å². The number of hydrogen-bond acceptors (Lipinski definition) is 3. The molecule has 2 aliphatic rings. The molecule has 1 atom stereocenters. The van der Waals surface area contributed by atoms with Crippen LogP contribution in [0.2, 0.25) is 0 Å². The van der Waals surface area contributed by atoms with E-state index in [0.29, 0.717) is 5.78 Å². The Morgan fingerprint density at radius 1 is 1.35 bits per heavy atom. The van der Waals surface area contributed by atoms with Gasteiger partial charge in [0.05, 0.1) is 5.69 Å². The zero-order chi connectivity index (χ0) is 13.9. The van der Waals surface area contributed by atoms with E-state index in [1.807, 2.05) is 19.1 Å². The average Bonchev–Trinajstić information content (AvgIpc) is 2.92. The first-order chi connectivity index (χ1) is 9.59. The highest BCUT2D eigenvalue weighted by Gasteiger charge is 2.48. The van der Waals surface area contributed by atoms with Gasteiger partial charge in [-0.3, -0.25) is 4.79 Å². The van der Waals surface area contributed by atoms with Gasteiger partial charge >= 0.3 is 0 Å². The van der Waals surface area contributed by atoms with Gasteiger partial charge in [-0.15, -0.1) is 0 Å². The van der Waals surface area contributed by atoms with Crippen molar-refractivity contribution in [1.29, 1.82) is 0 Å². The standard InChI is InChI=1S/C16H14BrNO2/c1-9-13-8-16(5-4-14(13)20-18-9)7-10-2-3-11(17)6-12(10)15(16)19/h2-3,6H,4-5,7-8H2,1H3. The van der Waals surface area contributed by atoms with E-state index in [0.717, 1.165) is 52.7 Å². The van der Waals surface area contributed by atoms with E-state index < -0.39 is 0 Å². The summed E-state index contributed by atoms with van der Waals surface area (Å²) < 4.78 is 6.32. The summed E-state index contributed by atoms with van der Waals surface area (Å²) in [6.07, 6.45) is 3.29. The number of nitrogens with zero attached hydrogens (tertiary/aromatic N) is 1. The van der Waals surface area contributed by atoms with Gasteiger partial charge in [-0.1, -0.05) is 27.2 Å². The van der Waals surface area contributed by atoms with Crippen LogP contribution in [-0.4, -0.2) is 10.9 Å². The molecule has 4 rings (SSSR count). The number of Topliss-reactive ketones (excluding diaryl/α,β-unsaturated/α-hetero) is 1. The Morgan fingerprint density at radius 2 is 2.20 bits per heavy atom. The Morgan fingerprint density at radius 3 is 3.05 bits per heavy atom. The highest BCUT2D eigenvalue weighted by Crippen LogP contribution is 2.47. The molecule has 0 amide bonds. The van der Waals surface area contributed by atoms with Crippen molar-refractivity contribution in [3.8, 4) is 0 Å². The fourth-order valence-electron chi connectivity index (χ4n) is 3.63. The van der Waals surface area contributed by atoms with Gasteiger partial charge in [0.1, 0.15) is 5.76 Å². The summed E-state index contributed by atoms with van der Waals surface area (Å²) >= 11 is 3.46. The van der Waals surface area contributed by atoms with E-state index in [9.17, 15) is 4.79 Å².